The average molecular weight is 537 g/mol. The number of benzene rings is 1. The molecular weight excluding hydrogens is 512 g/mol. The van der Waals surface area contributed by atoms with Crippen LogP contribution < -0.4 is 15.0 Å². The molecule has 1 saturated heterocycles. The third-order valence-corrected chi connectivity index (χ3v) is 6.66. The van der Waals surface area contributed by atoms with E-state index in [4.69, 9.17) is 4.74 Å². The van der Waals surface area contributed by atoms with Crippen LogP contribution in [0, 0.1) is 6.92 Å². The van der Waals surface area contributed by atoms with Crippen molar-refractivity contribution in [1.82, 2.24) is 15.1 Å². The number of ether oxygens (including phenoxy) is 1. The fourth-order valence-corrected chi connectivity index (χ4v) is 4.56. The Morgan fingerprint density at radius 1 is 1.21 bits per heavy atom. The lowest BCUT2D eigenvalue weighted by Crippen LogP contribution is -2.38. The van der Waals surface area contributed by atoms with Gasteiger partial charge < -0.3 is 24.8 Å². The summed E-state index contributed by atoms with van der Waals surface area (Å²) in [4.78, 5) is 53.7. The van der Waals surface area contributed by atoms with Crippen LogP contribution in [-0.2, 0) is 9.59 Å². The van der Waals surface area contributed by atoms with Crippen molar-refractivity contribution in [2.24, 2.45) is 0 Å². The second-order valence-electron chi connectivity index (χ2n) is 7.95. The molecule has 1 aromatic heterocycles. The number of carbonyl (C=O) groups is 4. The molecule has 0 radical (unpaired) electrons. The largest absolute Gasteiger partial charge is 0.413 e. The molecule has 1 unspecified atom stereocenters. The van der Waals surface area contributed by atoms with Gasteiger partial charge in [-0.25, -0.2) is 4.79 Å². The van der Waals surface area contributed by atoms with E-state index in [0.717, 1.165) is 3.79 Å². The first-order valence-electron chi connectivity index (χ1n) is 10.2. The summed E-state index contributed by atoms with van der Waals surface area (Å²) in [5, 5.41) is 3.18. The summed E-state index contributed by atoms with van der Waals surface area (Å²) >= 11 is 4.60. The van der Waals surface area contributed by atoms with Crippen LogP contribution in [0.4, 0.5) is 10.5 Å². The number of anilines is 1. The number of carbonyl (C=O) groups excluding carboxylic acids is 4. The summed E-state index contributed by atoms with van der Waals surface area (Å²) in [7, 11) is 4.85. The highest BCUT2D eigenvalue weighted by atomic mass is 79.9. The van der Waals surface area contributed by atoms with Gasteiger partial charge in [0.15, 0.2) is 5.06 Å². The normalized spacial score (nSPS) is 15.4. The van der Waals surface area contributed by atoms with Crippen LogP contribution in [0.15, 0.2) is 34.1 Å². The van der Waals surface area contributed by atoms with E-state index in [1.54, 1.807) is 63.3 Å². The lowest BCUT2D eigenvalue weighted by Gasteiger charge is -2.22. The number of rotatable bonds is 6. The van der Waals surface area contributed by atoms with Crippen LogP contribution >= 0.6 is 27.3 Å². The van der Waals surface area contributed by atoms with Gasteiger partial charge in [0.05, 0.1) is 16.4 Å². The second-order valence-corrected chi connectivity index (χ2v) is 10.4. The molecule has 3 rings (SSSR count). The van der Waals surface area contributed by atoms with E-state index >= 15 is 0 Å². The minimum Gasteiger partial charge on any atom is -0.399 e. The third kappa shape index (κ3) is 6.11. The van der Waals surface area contributed by atoms with Gasteiger partial charge >= 0.3 is 6.09 Å². The van der Waals surface area contributed by atoms with Crippen LogP contribution in [0.1, 0.15) is 22.3 Å². The fraction of sp³-hybridized carbons (Fsp3) is 0.364. The number of likely N-dealkylation sites (N-methyl/N-ethyl adjacent to an activating group) is 2. The number of thiophene rings is 1. The molecule has 1 atom stereocenters. The van der Waals surface area contributed by atoms with Crippen molar-refractivity contribution in [3.8, 4) is 5.06 Å². The molecule has 0 saturated carbocycles. The molecule has 2 heterocycles. The lowest BCUT2D eigenvalue weighted by atomic mass is 10.1. The SMILES string of the molecule is Cc1cc(N2CC(NC(=O)Oc3ccc(Br)s3)CC2=O)ccc1C(=O)N(C)CC(=O)N(C)C. The smallest absolute Gasteiger partial charge is 0.399 e. The number of halogens is 1. The zero-order valence-electron chi connectivity index (χ0n) is 18.8. The van der Waals surface area contributed by atoms with E-state index in [-0.39, 0.29) is 30.7 Å². The number of aryl methyl sites for hydroxylation is 1. The van der Waals surface area contributed by atoms with E-state index in [1.807, 2.05) is 0 Å². The molecule has 11 heteroatoms. The van der Waals surface area contributed by atoms with Crippen molar-refractivity contribution in [3.05, 3.63) is 45.2 Å². The zero-order chi connectivity index (χ0) is 24.3. The van der Waals surface area contributed by atoms with Crippen molar-refractivity contribution in [2.75, 3.05) is 39.1 Å². The standard InChI is InChI=1S/C22H25BrN4O5S/c1-13-9-15(5-6-16(13)21(30)26(4)12-19(29)25(2)3)27-11-14(10-18(27)28)24-22(31)32-20-8-7-17(23)33-20/h5-9,14H,10-12H2,1-4H3,(H,24,31). The molecule has 0 aliphatic carbocycles. The van der Waals surface area contributed by atoms with E-state index < -0.39 is 12.1 Å². The summed E-state index contributed by atoms with van der Waals surface area (Å²) in [6.45, 7) is 2.06. The highest BCUT2D eigenvalue weighted by Gasteiger charge is 2.32. The molecule has 2 aromatic rings. The van der Waals surface area contributed by atoms with Crippen molar-refractivity contribution < 1.29 is 23.9 Å². The highest BCUT2D eigenvalue weighted by Crippen LogP contribution is 2.29. The Kier molecular flexibility index (Phi) is 7.75. The van der Waals surface area contributed by atoms with E-state index in [9.17, 15) is 19.2 Å². The van der Waals surface area contributed by atoms with Crippen molar-refractivity contribution in [3.63, 3.8) is 0 Å². The minimum atomic E-state index is -0.614. The fourth-order valence-electron chi connectivity index (χ4n) is 3.37. The first kappa shape index (κ1) is 24.7. The molecule has 1 aliphatic heterocycles. The Bertz CT molecular complexity index is 1090. The van der Waals surface area contributed by atoms with Gasteiger partial charge in [0.2, 0.25) is 11.8 Å². The molecule has 0 bridgehead atoms. The summed E-state index contributed by atoms with van der Waals surface area (Å²) in [6, 6.07) is 8.18. The molecule has 33 heavy (non-hydrogen) atoms. The molecule has 0 spiro atoms. The lowest BCUT2D eigenvalue weighted by molar-refractivity contribution is -0.129. The van der Waals surface area contributed by atoms with Gasteiger partial charge in [-0.05, 0) is 58.7 Å². The number of hydrogen-bond acceptors (Lipinski definition) is 6. The Balaban J connectivity index is 1.63. The Hall–Kier alpha value is -2.92. The molecule has 1 aliphatic rings. The first-order chi connectivity index (χ1) is 15.5. The molecule has 1 aromatic carbocycles. The molecule has 9 nitrogen and oxygen atoms in total. The van der Waals surface area contributed by atoms with Gasteiger partial charge in [0.1, 0.15) is 0 Å². The maximum atomic E-state index is 12.8. The van der Waals surface area contributed by atoms with E-state index in [2.05, 4.69) is 21.2 Å². The molecule has 1 fully saturated rings. The van der Waals surface area contributed by atoms with Gasteiger partial charge in [0, 0.05) is 45.4 Å². The molecule has 1 N–H and O–H groups in total. The topological polar surface area (TPSA) is 99.3 Å². The Labute approximate surface area is 204 Å². The number of hydrogen-bond donors (Lipinski definition) is 1. The quantitative estimate of drug-likeness (QED) is 0.611. The minimum absolute atomic E-state index is 0.0243. The van der Waals surface area contributed by atoms with Gasteiger partial charge in [-0.2, -0.15) is 0 Å². The van der Waals surface area contributed by atoms with Crippen LogP contribution in [-0.4, -0.2) is 73.9 Å². The average Bonchev–Trinajstić information content (AvgIpc) is 3.31. The summed E-state index contributed by atoms with van der Waals surface area (Å²) in [5.74, 6) is -0.581. The predicted molar refractivity (Wildman–Crippen MR) is 129 cm³/mol. The summed E-state index contributed by atoms with van der Waals surface area (Å²) in [5.41, 5.74) is 1.79. The van der Waals surface area contributed by atoms with Crippen LogP contribution in [0.2, 0.25) is 0 Å². The van der Waals surface area contributed by atoms with Crippen LogP contribution in [0.3, 0.4) is 0 Å². The first-order valence-corrected chi connectivity index (χ1v) is 11.8. The van der Waals surface area contributed by atoms with E-state index in [0.29, 0.717) is 28.4 Å². The van der Waals surface area contributed by atoms with Gasteiger partial charge in [-0.3, -0.25) is 14.4 Å². The van der Waals surface area contributed by atoms with Crippen molar-refractivity contribution >= 4 is 56.8 Å². The van der Waals surface area contributed by atoms with Crippen LogP contribution in [0.5, 0.6) is 5.06 Å². The van der Waals surface area contributed by atoms with Gasteiger partial charge in [0.25, 0.3) is 5.91 Å². The van der Waals surface area contributed by atoms with Crippen LogP contribution in [0.25, 0.3) is 0 Å². The predicted octanol–water partition coefficient (Wildman–Crippen LogP) is 2.87. The molecule has 176 valence electrons. The monoisotopic (exact) mass is 536 g/mol. The number of nitrogens with zero attached hydrogens (tertiary/aromatic N) is 3. The summed E-state index contributed by atoms with van der Waals surface area (Å²) < 4.78 is 6.09. The molecular formula is C22H25BrN4O5S. The summed E-state index contributed by atoms with van der Waals surface area (Å²) in [6.07, 6.45) is -0.463. The van der Waals surface area contributed by atoms with Crippen molar-refractivity contribution in [2.45, 2.75) is 19.4 Å². The third-order valence-electron chi connectivity index (χ3n) is 5.16. The molecule has 4 amide bonds. The maximum Gasteiger partial charge on any atom is 0.413 e. The van der Waals surface area contributed by atoms with Crippen molar-refractivity contribution in [1.29, 1.82) is 0 Å². The Morgan fingerprint density at radius 3 is 2.55 bits per heavy atom. The van der Waals surface area contributed by atoms with E-state index in [1.165, 1.54) is 21.1 Å². The number of nitrogens with one attached hydrogen (secondary N) is 1. The van der Waals surface area contributed by atoms with Gasteiger partial charge in [-0.15, -0.1) is 0 Å². The maximum absolute atomic E-state index is 12.8. The second kappa shape index (κ2) is 10.3. The number of amides is 4. The Morgan fingerprint density at radius 2 is 1.94 bits per heavy atom. The highest BCUT2D eigenvalue weighted by molar-refractivity contribution is 9.11. The van der Waals surface area contributed by atoms with Gasteiger partial charge in [-0.1, -0.05) is 11.3 Å². The zero-order valence-corrected chi connectivity index (χ0v) is 21.2.